The fourth-order valence-corrected chi connectivity index (χ4v) is 1.77. The third-order valence-electron chi connectivity index (χ3n) is 2.73. The minimum atomic E-state index is -0.955. The van der Waals surface area contributed by atoms with Gasteiger partial charge in [0.2, 0.25) is 0 Å². The molecule has 0 fully saturated rings. The van der Waals surface area contributed by atoms with Gasteiger partial charge in [0, 0.05) is 6.54 Å². The van der Waals surface area contributed by atoms with Gasteiger partial charge in [-0.25, -0.2) is 4.79 Å². The van der Waals surface area contributed by atoms with Crippen molar-refractivity contribution in [1.82, 2.24) is 5.32 Å². The number of carboxylic acid groups (broad SMARTS) is 1. The van der Waals surface area contributed by atoms with E-state index < -0.39 is 23.7 Å². The molecule has 20 heavy (non-hydrogen) atoms. The first-order chi connectivity index (χ1) is 9.30. The molecule has 0 unspecified atom stereocenters. The summed E-state index contributed by atoms with van der Waals surface area (Å²) in [6, 6.07) is 8.55. The molecular weight excluding hydrogens is 260 g/mol. The van der Waals surface area contributed by atoms with Crippen LogP contribution in [-0.2, 0) is 16.0 Å². The van der Waals surface area contributed by atoms with Gasteiger partial charge in [0.15, 0.2) is 0 Å². The Bertz CT molecular complexity index is 460. The number of benzene rings is 1. The standard InChI is InChI=1S/C14H20N2O4/c1-14(2,20-13(15)19)9-16-11(12(17)18)8-10-6-4-3-5-7-10/h3-7,11,16H,8-9H2,1-2H3,(H2,15,19)(H,17,18)/t11-/m1/s1. The monoisotopic (exact) mass is 280 g/mol. The topological polar surface area (TPSA) is 102 Å². The van der Waals surface area contributed by atoms with E-state index in [1.807, 2.05) is 30.3 Å². The molecule has 0 aliphatic rings. The molecule has 0 aliphatic carbocycles. The molecule has 0 saturated heterocycles. The van der Waals surface area contributed by atoms with Gasteiger partial charge in [-0.2, -0.15) is 0 Å². The molecule has 6 nitrogen and oxygen atoms in total. The van der Waals surface area contributed by atoms with Crippen LogP contribution in [-0.4, -0.2) is 35.4 Å². The van der Waals surface area contributed by atoms with Crippen molar-refractivity contribution < 1.29 is 19.4 Å². The molecule has 0 radical (unpaired) electrons. The van der Waals surface area contributed by atoms with Crippen LogP contribution in [0.1, 0.15) is 19.4 Å². The number of primary amides is 1. The maximum atomic E-state index is 11.2. The minimum absolute atomic E-state index is 0.194. The first kappa shape index (κ1) is 16.0. The highest BCUT2D eigenvalue weighted by molar-refractivity contribution is 5.74. The van der Waals surface area contributed by atoms with Crippen molar-refractivity contribution in [3.05, 3.63) is 35.9 Å². The van der Waals surface area contributed by atoms with Crippen molar-refractivity contribution >= 4 is 12.1 Å². The second-order valence-corrected chi connectivity index (χ2v) is 5.14. The van der Waals surface area contributed by atoms with Crippen molar-refractivity contribution in [3.8, 4) is 0 Å². The number of hydrogen-bond acceptors (Lipinski definition) is 4. The normalized spacial score (nSPS) is 12.7. The smallest absolute Gasteiger partial charge is 0.405 e. The number of carbonyl (C=O) groups excluding carboxylic acids is 1. The van der Waals surface area contributed by atoms with Crippen molar-refractivity contribution in [2.24, 2.45) is 5.73 Å². The second kappa shape index (κ2) is 6.91. The SMILES string of the molecule is CC(C)(CN[C@H](Cc1ccccc1)C(=O)O)OC(N)=O. The Morgan fingerprint density at radius 2 is 1.95 bits per heavy atom. The van der Waals surface area contributed by atoms with Crippen molar-refractivity contribution in [2.45, 2.75) is 31.9 Å². The molecule has 0 aromatic heterocycles. The summed E-state index contributed by atoms with van der Waals surface area (Å²) < 4.78 is 4.90. The molecule has 1 amide bonds. The molecule has 0 bridgehead atoms. The predicted molar refractivity (Wildman–Crippen MR) is 74.3 cm³/mol. The highest BCUT2D eigenvalue weighted by Gasteiger charge is 2.25. The van der Waals surface area contributed by atoms with Gasteiger partial charge < -0.3 is 20.9 Å². The Kier molecular flexibility index (Phi) is 5.52. The summed E-state index contributed by atoms with van der Waals surface area (Å²) in [6.07, 6.45) is -0.533. The van der Waals surface area contributed by atoms with Crippen molar-refractivity contribution in [1.29, 1.82) is 0 Å². The van der Waals surface area contributed by atoms with Crippen LogP contribution in [0.5, 0.6) is 0 Å². The number of ether oxygens (including phenoxy) is 1. The Hall–Kier alpha value is -2.08. The van der Waals surface area contributed by atoms with Gasteiger partial charge in [0.25, 0.3) is 0 Å². The van der Waals surface area contributed by atoms with Crippen LogP contribution in [0.25, 0.3) is 0 Å². The zero-order chi connectivity index (χ0) is 15.2. The average Bonchev–Trinajstić information content (AvgIpc) is 2.33. The van der Waals surface area contributed by atoms with E-state index in [9.17, 15) is 14.7 Å². The molecule has 1 aromatic carbocycles. The molecule has 0 heterocycles. The summed E-state index contributed by atoms with van der Waals surface area (Å²) in [6.45, 7) is 3.51. The number of amides is 1. The molecule has 6 heteroatoms. The zero-order valence-electron chi connectivity index (χ0n) is 11.6. The van der Waals surface area contributed by atoms with Gasteiger partial charge in [-0.15, -0.1) is 0 Å². The fraction of sp³-hybridized carbons (Fsp3) is 0.429. The highest BCUT2D eigenvalue weighted by Crippen LogP contribution is 2.09. The van der Waals surface area contributed by atoms with E-state index in [0.717, 1.165) is 5.56 Å². The van der Waals surface area contributed by atoms with E-state index in [4.69, 9.17) is 10.5 Å². The molecular formula is C14H20N2O4. The van der Waals surface area contributed by atoms with Crippen LogP contribution in [0.3, 0.4) is 0 Å². The van der Waals surface area contributed by atoms with E-state index in [1.165, 1.54) is 0 Å². The molecule has 1 aromatic rings. The lowest BCUT2D eigenvalue weighted by atomic mass is 10.0. The fourth-order valence-electron chi connectivity index (χ4n) is 1.77. The van der Waals surface area contributed by atoms with Crippen LogP contribution in [0.4, 0.5) is 4.79 Å². The average molecular weight is 280 g/mol. The Labute approximate surface area is 117 Å². The maximum absolute atomic E-state index is 11.2. The number of nitrogens with one attached hydrogen (secondary N) is 1. The molecule has 1 rings (SSSR count). The highest BCUT2D eigenvalue weighted by atomic mass is 16.6. The van der Waals surface area contributed by atoms with Crippen LogP contribution in [0.15, 0.2) is 30.3 Å². The van der Waals surface area contributed by atoms with Gasteiger partial charge >= 0.3 is 12.1 Å². The lowest BCUT2D eigenvalue weighted by Crippen LogP contribution is -2.47. The van der Waals surface area contributed by atoms with E-state index in [2.05, 4.69) is 5.32 Å². The summed E-state index contributed by atoms with van der Waals surface area (Å²) in [4.78, 5) is 22.0. The molecule has 1 atom stereocenters. The number of hydrogen-bond donors (Lipinski definition) is 3. The number of carboxylic acids is 1. The summed E-state index contributed by atoms with van der Waals surface area (Å²) in [7, 11) is 0. The summed E-state index contributed by atoms with van der Waals surface area (Å²) in [5, 5.41) is 12.1. The summed E-state index contributed by atoms with van der Waals surface area (Å²) in [5.41, 5.74) is 5.02. The maximum Gasteiger partial charge on any atom is 0.405 e. The largest absolute Gasteiger partial charge is 0.480 e. The lowest BCUT2D eigenvalue weighted by molar-refractivity contribution is -0.139. The number of rotatable bonds is 7. The van der Waals surface area contributed by atoms with E-state index in [0.29, 0.717) is 6.42 Å². The van der Waals surface area contributed by atoms with Gasteiger partial charge in [0.05, 0.1) is 0 Å². The quantitative estimate of drug-likeness (QED) is 0.695. The second-order valence-electron chi connectivity index (χ2n) is 5.14. The van der Waals surface area contributed by atoms with E-state index in [-0.39, 0.29) is 6.54 Å². The number of nitrogens with two attached hydrogens (primary N) is 1. The Balaban J connectivity index is 2.60. The summed E-state index contributed by atoms with van der Waals surface area (Å²) >= 11 is 0. The predicted octanol–water partition coefficient (Wildman–Crippen LogP) is 1.15. The van der Waals surface area contributed by atoms with Gasteiger partial charge in [-0.05, 0) is 25.8 Å². The van der Waals surface area contributed by atoms with Crippen LogP contribution in [0.2, 0.25) is 0 Å². The zero-order valence-corrected chi connectivity index (χ0v) is 11.6. The lowest BCUT2D eigenvalue weighted by Gasteiger charge is -2.26. The van der Waals surface area contributed by atoms with Crippen molar-refractivity contribution in [3.63, 3.8) is 0 Å². The van der Waals surface area contributed by atoms with E-state index in [1.54, 1.807) is 13.8 Å². The summed E-state index contributed by atoms with van der Waals surface area (Å²) in [5.74, 6) is -0.955. The van der Waals surface area contributed by atoms with Crippen LogP contribution in [0, 0.1) is 0 Å². The van der Waals surface area contributed by atoms with E-state index >= 15 is 0 Å². The van der Waals surface area contributed by atoms with Crippen LogP contribution < -0.4 is 11.1 Å². The number of carbonyl (C=O) groups is 2. The number of aliphatic carboxylic acids is 1. The van der Waals surface area contributed by atoms with Gasteiger partial charge in [0.1, 0.15) is 11.6 Å². The molecule has 4 N–H and O–H groups in total. The third-order valence-corrected chi connectivity index (χ3v) is 2.73. The molecule has 0 aliphatic heterocycles. The third kappa shape index (κ3) is 5.71. The Morgan fingerprint density at radius 3 is 2.45 bits per heavy atom. The molecule has 110 valence electrons. The van der Waals surface area contributed by atoms with Gasteiger partial charge in [-0.1, -0.05) is 30.3 Å². The van der Waals surface area contributed by atoms with Crippen molar-refractivity contribution in [2.75, 3.05) is 6.54 Å². The Morgan fingerprint density at radius 1 is 1.35 bits per heavy atom. The first-order valence-corrected chi connectivity index (χ1v) is 6.29. The first-order valence-electron chi connectivity index (χ1n) is 6.29. The van der Waals surface area contributed by atoms with Gasteiger partial charge in [-0.3, -0.25) is 4.79 Å². The minimum Gasteiger partial charge on any atom is -0.480 e. The molecule has 0 saturated carbocycles. The van der Waals surface area contributed by atoms with Crippen LogP contribution >= 0.6 is 0 Å². The molecule has 0 spiro atoms.